The Morgan fingerprint density at radius 3 is 2.12 bits per heavy atom. The topological polar surface area (TPSA) is 43.1 Å². The van der Waals surface area contributed by atoms with Crippen molar-refractivity contribution in [2.45, 2.75) is 58.8 Å². The lowest BCUT2D eigenvalue weighted by Crippen LogP contribution is -2.55. The van der Waals surface area contributed by atoms with Crippen LogP contribution in [0, 0.1) is 22.2 Å². The molecule has 2 unspecified atom stereocenters. The van der Waals surface area contributed by atoms with E-state index >= 15 is 0 Å². The Morgan fingerprint density at radius 2 is 1.69 bits per heavy atom. The van der Waals surface area contributed by atoms with Crippen LogP contribution >= 0.6 is 0 Å². The first-order chi connectivity index (χ1) is 7.32. The largest absolute Gasteiger partial charge is 0.370 e. The van der Waals surface area contributed by atoms with Crippen LogP contribution in [0.4, 0.5) is 0 Å². The van der Waals surface area contributed by atoms with Crippen LogP contribution in [0.5, 0.6) is 0 Å². The van der Waals surface area contributed by atoms with Gasteiger partial charge in [0.1, 0.15) is 0 Å². The second-order valence-corrected chi connectivity index (χ2v) is 7.77. The van der Waals surface area contributed by atoms with Gasteiger partial charge in [-0.05, 0) is 60.7 Å². The quantitative estimate of drug-likeness (QED) is 0.765. The number of carbonyl (C=O) groups is 1. The summed E-state index contributed by atoms with van der Waals surface area (Å²) < 4.78 is 0. The highest BCUT2D eigenvalue weighted by molar-refractivity contribution is 5.74. The Labute approximate surface area is 98.0 Å². The van der Waals surface area contributed by atoms with Crippen LogP contribution in [0.2, 0.25) is 0 Å². The van der Waals surface area contributed by atoms with Crippen molar-refractivity contribution in [3.05, 3.63) is 0 Å². The molecule has 0 aliphatic heterocycles. The summed E-state index contributed by atoms with van der Waals surface area (Å²) in [6.07, 6.45) is 8.54. The van der Waals surface area contributed by atoms with E-state index in [1.165, 1.54) is 38.5 Å². The normalized spacial score (nSPS) is 54.2. The number of nitrogens with two attached hydrogens (primary N) is 1. The number of carbonyl (C=O) groups excluding carboxylic acids is 1. The third-order valence-electron chi connectivity index (χ3n) is 5.29. The Bertz CT molecular complexity index is 331. The molecule has 2 N–H and O–H groups in total. The molecule has 4 bridgehead atoms. The van der Waals surface area contributed by atoms with Crippen molar-refractivity contribution < 1.29 is 4.79 Å². The van der Waals surface area contributed by atoms with E-state index in [1.807, 2.05) is 0 Å². The molecule has 4 aliphatic rings. The van der Waals surface area contributed by atoms with Crippen molar-refractivity contribution >= 4 is 5.91 Å². The molecule has 0 spiro atoms. The minimum atomic E-state index is -0.0887. The average molecular weight is 221 g/mol. The average Bonchev–Trinajstić information content (AvgIpc) is 1.91. The predicted molar refractivity (Wildman–Crippen MR) is 63.7 cm³/mol. The fourth-order valence-electron chi connectivity index (χ4n) is 6.25. The lowest BCUT2D eigenvalue weighted by atomic mass is 9.40. The van der Waals surface area contributed by atoms with Crippen molar-refractivity contribution in [3.63, 3.8) is 0 Å². The Kier molecular flexibility index (Phi) is 1.88. The van der Waals surface area contributed by atoms with Crippen molar-refractivity contribution in [2.24, 2.45) is 27.9 Å². The van der Waals surface area contributed by atoms with Gasteiger partial charge in [-0.15, -0.1) is 0 Å². The number of hydrogen-bond donors (Lipinski definition) is 1. The van der Waals surface area contributed by atoms with Crippen LogP contribution in [0.25, 0.3) is 0 Å². The van der Waals surface area contributed by atoms with Gasteiger partial charge < -0.3 is 5.73 Å². The zero-order valence-electron chi connectivity index (χ0n) is 10.5. The summed E-state index contributed by atoms with van der Waals surface area (Å²) in [6.45, 7) is 4.87. The molecule has 2 nitrogen and oxygen atoms in total. The molecule has 4 rings (SSSR count). The summed E-state index contributed by atoms with van der Waals surface area (Å²) >= 11 is 0. The second-order valence-electron chi connectivity index (χ2n) is 7.77. The maximum Gasteiger partial charge on any atom is 0.217 e. The van der Waals surface area contributed by atoms with Gasteiger partial charge in [-0.2, -0.15) is 0 Å². The van der Waals surface area contributed by atoms with Crippen LogP contribution in [-0.4, -0.2) is 5.91 Å². The molecule has 2 heteroatoms. The second kappa shape index (κ2) is 2.83. The third kappa shape index (κ3) is 1.49. The van der Waals surface area contributed by atoms with Crippen LogP contribution in [0.1, 0.15) is 58.8 Å². The summed E-state index contributed by atoms with van der Waals surface area (Å²) in [7, 11) is 0. The number of primary amides is 1. The summed E-state index contributed by atoms with van der Waals surface area (Å²) in [5, 5.41) is 0. The van der Waals surface area contributed by atoms with Gasteiger partial charge in [-0.25, -0.2) is 0 Å². The van der Waals surface area contributed by atoms with E-state index in [0.29, 0.717) is 17.3 Å². The van der Waals surface area contributed by atoms with Crippen LogP contribution in [0.3, 0.4) is 0 Å². The molecule has 0 aromatic carbocycles. The fourth-order valence-corrected chi connectivity index (χ4v) is 6.25. The lowest BCUT2D eigenvalue weighted by Gasteiger charge is -2.65. The fraction of sp³-hybridized carbons (Fsp3) is 0.929. The van der Waals surface area contributed by atoms with Crippen molar-refractivity contribution in [1.29, 1.82) is 0 Å². The van der Waals surface area contributed by atoms with Gasteiger partial charge in [0.05, 0.1) is 0 Å². The molecule has 4 aliphatic carbocycles. The van der Waals surface area contributed by atoms with E-state index in [1.54, 1.807) is 0 Å². The van der Waals surface area contributed by atoms with Crippen LogP contribution in [-0.2, 0) is 4.79 Å². The Balaban J connectivity index is 1.95. The van der Waals surface area contributed by atoms with E-state index in [9.17, 15) is 4.79 Å². The van der Waals surface area contributed by atoms with E-state index in [2.05, 4.69) is 13.8 Å². The third-order valence-corrected chi connectivity index (χ3v) is 5.29. The first kappa shape index (κ1) is 10.6. The van der Waals surface area contributed by atoms with E-state index in [-0.39, 0.29) is 11.3 Å². The standard InChI is InChI=1S/C14H23NO/c1-12-3-10-4-13(2,7-12)9-14(5-10,8-12)6-11(15)16/h10H,3-9H2,1-2H3,(H2,15,16)/t10?,12-,13+,14?. The highest BCUT2D eigenvalue weighted by Crippen LogP contribution is 2.70. The molecular formula is C14H23NO. The molecule has 4 fully saturated rings. The minimum Gasteiger partial charge on any atom is -0.370 e. The Morgan fingerprint density at radius 1 is 1.12 bits per heavy atom. The lowest BCUT2D eigenvalue weighted by molar-refractivity contribution is -0.154. The highest BCUT2D eigenvalue weighted by atomic mass is 16.1. The summed E-state index contributed by atoms with van der Waals surface area (Å²) in [5.41, 5.74) is 6.74. The number of hydrogen-bond acceptors (Lipinski definition) is 1. The summed E-state index contributed by atoms with van der Waals surface area (Å²) in [4.78, 5) is 11.3. The summed E-state index contributed by atoms with van der Waals surface area (Å²) in [5.74, 6) is 0.778. The molecule has 4 atom stereocenters. The zero-order valence-corrected chi connectivity index (χ0v) is 10.5. The maximum atomic E-state index is 11.3. The molecule has 90 valence electrons. The van der Waals surface area contributed by atoms with Crippen molar-refractivity contribution in [3.8, 4) is 0 Å². The smallest absolute Gasteiger partial charge is 0.217 e. The van der Waals surface area contributed by atoms with Gasteiger partial charge in [-0.3, -0.25) is 4.79 Å². The van der Waals surface area contributed by atoms with Gasteiger partial charge in [0, 0.05) is 6.42 Å². The van der Waals surface area contributed by atoms with Gasteiger partial charge in [0.2, 0.25) is 5.91 Å². The molecular weight excluding hydrogens is 198 g/mol. The first-order valence-corrected chi connectivity index (χ1v) is 6.61. The first-order valence-electron chi connectivity index (χ1n) is 6.61. The van der Waals surface area contributed by atoms with Gasteiger partial charge in [0.25, 0.3) is 0 Å². The number of rotatable bonds is 2. The monoisotopic (exact) mass is 221 g/mol. The molecule has 0 aromatic heterocycles. The van der Waals surface area contributed by atoms with Gasteiger partial charge in [-0.1, -0.05) is 13.8 Å². The van der Waals surface area contributed by atoms with Gasteiger partial charge in [0.15, 0.2) is 0 Å². The molecule has 16 heavy (non-hydrogen) atoms. The molecule has 4 saturated carbocycles. The SMILES string of the molecule is C[C@]12CC3CC(CC(N)=O)(C1)C[C@@](C)(C3)C2. The van der Waals surface area contributed by atoms with E-state index < -0.39 is 0 Å². The number of amides is 1. The Hall–Kier alpha value is -0.530. The maximum absolute atomic E-state index is 11.3. The van der Waals surface area contributed by atoms with Crippen LogP contribution in [0.15, 0.2) is 0 Å². The van der Waals surface area contributed by atoms with Crippen LogP contribution < -0.4 is 5.73 Å². The predicted octanol–water partition coefficient (Wildman–Crippen LogP) is 2.86. The summed E-state index contributed by atoms with van der Waals surface area (Å²) in [6, 6.07) is 0. The van der Waals surface area contributed by atoms with Crippen molar-refractivity contribution in [1.82, 2.24) is 0 Å². The molecule has 0 heterocycles. The molecule has 0 aromatic rings. The van der Waals surface area contributed by atoms with E-state index in [0.717, 1.165) is 5.92 Å². The molecule has 1 amide bonds. The van der Waals surface area contributed by atoms with Crippen molar-refractivity contribution in [2.75, 3.05) is 0 Å². The zero-order chi connectivity index (χ0) is 11.6. The van der Waals surface area contributed by atoms with E-state index in [4.69, 9.17) is 5.73 Å². The molecule has 0 saturated heterocycles. The highest BCUT2D eigenvalue weighted by Gasteiger charge is 2.60. The minimum absolute atomic E-state index is 0.0887. The van der Waals surface area contributed by atoms with Gasteiger partial charge >= 0.3 is 0 Å². The molecule has 0 radical (unpaired) electrons.